The normalized spacial score (nSPS) is 12.4. The molecule has 19 aromatic carbocycles. The summed E-state index contributed by atoms with van der Waals surface area (Å²) in [4.78, 5) is 5.41. The molecule has 0 fully saturated rings. The van der Waals surface area contributed by atoms with Gasteiger partial charge in [-0.15, -0.1) is 0 Å². The molecule has 0 N–H and O–H groups in total. The van der Waals surface area contributed by atoms with Gasteiger partial charge >= 0.3 is 0 Å². The molecule has 0 saturated carbocycles. The second-order valence-corrected chi connectivity index (χ2v) is 28.9. The van der Waals surface area contributed by atoms with E-state index in [4.69, 9.17) is 0 Å². The van der Waals surface area contributed by atoms with Crippen LogP contribution < -0.4 is 26.2 Å². The maximum atomic E-state index is 2.71. The SMILES string of the molecule is c1ccc(-c2ccc3c(c2)B2c4cc(-c5ccc6cccc7c8cccc9cccc(c5c67)c98)ccc4N(c4c(-c5ccccc5)cc(-c5ccccc5)cc4-c4ccccc4)c4cc(-n5c6ccccc6c6ccccc65)cc(c42)N3c2c(-c3ccccc3)cc(-c3ccccc3)cc2-c2ccccc2)cc1. The first-order chi connectivity index (χ1) is 53.6. The summed E-state index contributed by atoms with van der Waals surface area (Å²) in [5.74, 6) is 0. The molecule has 0 bridgehead atoms. The Labute approximate surface area is 627 Å². The van der Waals surface area contributed by atoms with Gasteiger partial charge in [-0.3, -0.25) is 0 Å². The summed E-state index contributed by atoms with van der Waals surface area (Å²) >= 11 is 0. The molecule has 22 rings (SSSR count). The number of hydrogen-bond donors (Lipinski definition) is 0. The van der Waals surface area contributed by atoms with Crippen LogP contribution in [0.15, 0.2) is 400 Å². The van der Waals surface area contributed by atoms with E-state index in [1.54, 1.807) is 0 Å². The van der Waals surface area contributed by atoms with Crippen LogP contribution in [-0.4, -0.2) is 11.3 Å². The second-order valence-electron chi connectivity index (χ2n) is 28.9. The predicted octanol–water partition coefficient (Wildman–Crippen LogP) is 26.3. The fourth-order valence-electron chi connectivity index (χ4n) is 18.4. The highest BCUT2D eigenvalue weighted by Gasteiger charge is 2.46. The third kappa shape index (κ3) is 9.63. The van der Waals surface area contributed by atoms with E-state index in [0.717, 1.165) is 134 Å². The largest absolute Gasteiger partial charge is 0.310 e. The van der Waals surface area contributed by atoms with E-state index in [9.17, 15) is 0 Å². The minimum atomic E-state index is -0.326. The van der Waals surface area contributed by atoms with Crippen molar-refractivity contribution in [2.45, 2.75) is 0 Å². The molecular weight excluding hydrogens is 1300 g/mol. The fraction of sp³-hybridized carbons (Fsp3) is 0. The van der Waals surface area contributed by atoms with Crippen molar-refractivity contribution in [2.24, 2.45) is 0 Å². The Morgan fingerprint density at radius 2 is 0.546 bits per heavy atom. The molecule has 0 saturated heterocycles. The summed E-state index contributed by atoms with van der Waals surface area (Å²) in [6, 6.07) is 151. The number of aromatic nitrogens is 1. The summed E-state index contributed by atoms with van der Waals surface area (Å²) in [7, 11) is 0. The molecule has 0 aliphatic carbocycles. The number of benzene rings is 19. The topological polar surface area (TPSA) is 11.4 Å². The number of fused-ring (bicyclic) bond motifs is 9. The third-order valence-corrected chi connectivity index (χ3v) is 23.0. The molecule has 20 aromatic rings. The highest BCUT2D eigenvalue weighted by molar-refractivity contribution is 7.00. The van der Waals surface area contributed by atoms with Crippen LogP contribution in [0.2, 0.25) is 0 Å². The van der Waals surface area contributed by atoms with E-state index in [2.05, 4.69) is 415 Å². The number of para-hydroxylation sites is 2. The van der Waals surface area contributed by atoms with Gasteiger partial charge in [0.2, 0.25) is 0 Å². The molecule has 0 amide bonds. The average molecular weight is 1370 g/mol. The molecule has 4 heteroatoms. The molecule has 3 heterocycles. The first-order valence-corrected chi connectivity index (χ1v) is 37.5. The molecule has 3 nitrogen and oxygen atoms in total. The van der Waals surface area contributed by atoms with Crippen LogP contribution in [0.5, 0.6) is 0 Å². The van der Waals surface area contributed by atoms with Gasteiger partial charge in [-0.1, -0.05) is 340 Å². The maximum Gasteiger partial charge on any atom is 0.252 e. The lowest BCUT2D eigenvalue weighted by Crippen LogP contribution is -2.61. The van der Waals surface area contributed by atoms with Crippen molar-refractivity contribution in [3.8, 4) is 94.7 Å². The summed E-state index contributed by atoms with van der Waals surface area (Å²) in [5.41, 5.74) is 31.7. The molecular formula is C104H66BN3. The molecule has 2 aliphatic heterocycles. The van der Waals surface area contributed by atoms with Crippen LogP contribution in [-0.2, 0) is 0 Å². The van der Waals surface area contributed by atoms with Crippen LogP contribution in [0.3, 0.4) is 0 Å². The van der Waals surface area contributed by atoms with Crippen LogP contribution in [0.25, 0.3) is 160 Å². The minimum absolute atomic E-state index is 0.326. The highest BCUT2D eigenvalue weighted by atomic mass is 15.2. The Balaban J connectivity index is 0.945. The van der Waals surface area contributed by atoms with Gasteiger partial charge in [0.15, 0.2) is 0 Å². The van der Waals surface area contributed by atoms with E-state index in [1.807, 2.05) is 0 Å². The Kier molecular flexibility index (Phi) is 14.1. The zero-order valence-electron chi connectivity index (χ0n) is 59.0. The number of nitrogens with zero attached hydrogens (tertiary/aromatic N) is 3. The Morgan fingerprint density at radius 1 is 0.194 bits per heavy atom. The molecule has 2 aliphatic rings. The molecule has 1 aromatic heterocycles. The second kappa shape index (κ2) is 24.8. The predicted molar refractivity (Wildman–Crippen MR) is 460 cm³/mol. The van der Waals surface area contributed by atoms with Gasteiger partial charge in [0, 0.05) is 55.8 Å². The average Bonchev–Trinajstić information content (AvgIpc) is 0.793. The Morgan fingerprint density at radius 3 is 0.991 bits per heavy atom. The number of anilines is 6. The van der Waals surface area contributed by atoms with Crippen LogP contribution >= 0.6 is 0 Å². The van der Waals surface area contributed by atoms with E-state index in [1.165, 1.54) is 75.8 Å². The van der Waals surface area contributed by atoms with Crippen molar-refractivity contribution >= 4 is 122 Å². The third-order valence-electron chi connectivity index (χ3n) is 23.0. The molecule has 0 unspecified atom stereocenters. The van der Waals surface area contributed by atoms with Gasteiger partial charge in [0.1, 0.15) is 0 Å². The van der Waals surface area contributed by atoms with Gasteiger partial charge in [-0.05, 0) is 187 Å². The molecule has 108 heavy (non-hydrogen) atoms. The fourth-order valence-corrected chi connectivity index (χ4v) is 18.4. The standard InChI is InChI=1S/C104H66BN3/c1-8-29-67(30-9-1)76-54-57-95-91(63-76)105-92-64-77(81-56-53-75-45-27-49-85-84-48-26-43-74-44-28-50-86(99(74)84)101(81)100(75)85)55-58-96(92)108(104-89(72-39-18-6-19-40-72)61-79(69-33-12-3-13-34-69)62-90(104)73-41-20-7-21-42-73)98-66-80(106-93-51-24-22-46-82(93)83-47-23-25-52-94(83)106)65-97(102(98)105)107(95)103-87(70-35-14-4-15-36-70)59-78(68-31-10-2-11-32-68)60-88(103)71-37-16-5-17-38-71/h1-66H. The molecule has 0 radical (unpaired) electrons. The summed E-state index contributed by atoms with van der Waals surface area (Å²) in [6.45, 7) is -0.326. The molecule has 500 valence electrons. The minimum Gasteiger partial charge on any atom is -0.310 e. The quantitative estimate of drug-likeness (QED) is 0.0726. The van der Waals surface area contributed by atoms with Gasteiger partial charge < -0.3 is 14.4 Å². The maximum absolute atomic E-state index is 2.71. The van der Waals surface area contributed by atoms with Crippen molar-refractivity contribution in [3.63, 3.8) is 0 Å². The first-order valence-electron chi connectivity index (χ1n) is 37.5. The van der Waals surface area contributed by atoms with Crippen molar-refractivity contribution in [1.82, 2.24) is 4.57 Å². The van der Waals surface area contributed by atoms with E-state index in [0.29, 0.717) is 0 Å². The lowest BCUT2D eigenvalue weighted by atomic mass is 9.33. The van der Waals surface area contributed by atoms with Gasteiger partial charge in [-0.25, -0.2) is 0 Å². The first kappa shape index (κ1) is 61.4. The van der Waals surface area contributed by atoms with Crippen LogP contribution in [0, 0.1) is 0 Å². The van der Waals surface area contributed by atoms with Crippen molar-refractivity contribution in [1.29, 1.82) is 0 Å². The van der Waals surface area contributed by atoms with E-state index >= 15 is 0 Å². The highest BCUT2D eigenvalue weighted by Crippen LogP contribution is 2.56. The van der Waals surface area contributed by atoms with Gasteiger partial charge in [-0.2, -0.15) is 0 Å². The van der Waals surface area contributed by atoms with E-state index < -0.39 is 0 Å². The Bertz CT molecular complexity index is 6760. The van der Waals surface area contributed by atoms with Crippen LogP contribution in [0.4, 0.5) is 34.1 Å². The zero-order chi connectivity index (χ0) is 70.9. The summed E-state index contributed by atoms with van der Waals surface area (Å²) in [6.07, 6.45) is 0. The number of rotatable bonds is 11. The van der Waals surface area contributed by atoms with Crippen molar-refractivity contribution < 1.29 is 0 Å². The lowest BCUT2D eigenvalue weighted by Gasteiger charge is -2.46. The summed E-state index contributed by atoms with van der Waals surface area (Å²) in [5, 5.41) is 12.5. The molecule has 0 atom stereocenters. The van der Waals surface area contributed by atoms with Crippen LogP contribution in [0.1, 0.15) is 0 Å². The van der Waals surface area contributed by atoms with E-state index in [-0.39, 0.29) is 6.71 Å². The number of hydrogen-bond acceptors (Lipinski definition) is 2. The monoisotopic (exact) mass is 1370 g/mol. The van der Waals surface area contributed by atoms with Gasteiger partial charge in [0.05, 0.1) is 28.1 Å². The Hall–Kier alpha value is -14.1. The smallest absolute Gasteiger partial charge is 0.252 e. The lowest BCUT2D eigenvalue weighted by molar-refractivity contribution is 1.16. The van der Waals surface area contributed by atoms with Crippen molar-refractivity contribution in [3.05, 3.63) is 400 Å². The zero-order valence-corrected chi connectivity index (χ0v) is 59.0. The van der Waals surface area contributed by atoms with Gasteiger partial charge in [0.25, 0.3) is 6.71 Å². The molecule has 0 spiro atoms. The summed E-state index contributed by atoms with van der Waals surface area (Å²) < 4.78 is 2.54. The van der Waals surface area contributed by atoms with Crippen molar-refractivity contribution in [2.75, 3.05) is 9.80 Å².